The molecule has 0 aliphatic carbocycles. The third-order valence-electron chi connectivity index (χ3n) is 6.02. The molecule has 1 aliphatic heterocycles. The molecule has 1 amide bonds. The fourth-order valence-electron chi connectivity index (χ4n) is 4.24. The molecule has 198 valence electrons. The Morgan fingerprint density at radius 2 is 1.63 bits per heavy atom. The molecule has 0 radical (unpaired) electrons. The lowest BCUT2D eigenvalue weighted by molar-refractivity contribution is 0.0190. The quantitative estimate of drug-likeness (QED) is 0.193. The molecule has 0 spiro atoms. The number of amides is 1. The van der Waals surface area contributed by atoms with Gasteiger partial charge in [0, 0.05) is 0 Å². The van der Waals surface area contributed by atoms with E-state index in [1.54, 1.807) is 60.7 Å². The standard InChI is InChI=1S/C24H25N6O7P/c25-23-20-16(24(26)33)11-18(30(20)28-13-27-23)19-22(32)21(31)17(29-19)12-35-38(34,36-14-7-3-1-4-8-14)37-15-9-5-2-6-10-15/h1-11,13,17,19,21-22,29,31-32H,12H2,(H2,26,33)(H2,25,27,28)/t17-,19+,21-,22+/m1/s1. The molecule has 2 aromatic heterocycles. The number of nitrogens with zero attached hydrogens (tertiary/aromatic N) is 3. The maximum absolute atomic E-state index is 13.6. The third kappa shape index (κ3) is 5.05. The van der Waals surface area contributed by atoms with Crippen molar-refractivity contribution >= 4 is 25.1 Å². The number of nitrogen functional groups attached to an aromatic ring is 1. The van der Waals surface area contributed by atoms with Crippen LogP contribution < -0.4 is 25.8 Å². The number of aliphatic hydroxyl groups is 2. The maximum atomic E-state index is 13.6. The summed E-state index contributed by atoms with van der Waals surface area (Å²) in [6.45, 7) is -0.366. The highest BCUT2D eigenvalue weighted by Gasteiger charge is 2.45. The average molecular weight is 540 g/mol. The number of anilines is 1. The Hall–Kier alpha value is -4.00. The van der Waals surface area contributed by atoms with Crippen LogP contribution >= 0.6 is 7.82 Å². The Balaban J connectivity index is 1.38. The number of benzene rings is 2. The number of phosphoric acid groups is 1. The maximum Gasteiger partial charge on any atom is 0.587 e. The molecule has 0 saturated carbocycles. The van der Waals surface area contributed by atoms with Crippen LogP contribution in [0.4, 0.5) is 5.82 Å². The Bertz CT molecular complexity index is 1440. The molecular formula is C24H25N6O7P. The van der Waals surface area contributed by atoms with Crippen LogP contribution in [0.15, 0.2) is 73.1 Å². The molecule has 14 heteroatoms. The molecule has 0 unspecified atom stereocenters. The number of primary amides is 1. The van der Waals surface area contributed by atoms with Crippen molar-refractivity contribution in [1.82, 2.24) is 19.9 Å². The molecule has 2 aromatic carbocycles. The van der Waals surface area contributed by atoms with Gasteiger partial charge in [-0.05, 0) is 30.3 Å². The molecular weight excluding hydrogens is 515 g/mol. The summed E-state index contributed by atoms with van der Waals surface area (Å²) in [5.74, 6) is -0.244. The van der Waals surface area contributed by atoms with Crippen LogP contribution in [0.2, 0.25) is 0 Å². The second-order valence-corrected chi connectivity index (χ2v) is 10.1. The van der Waals surface area contributed by atoms with Crippen LogP contribution in [-0.2, 0) is 9.09 Å². The highest BCUT2D eigenvalue weighted by Crippen LogP contribution is 2.50. The predicted molar refractivity (Wildman–Crippen MR) is 135 cm³/mol. The van der Waals surface area contributed by atoms with Gasteiger partial charge in [-0.2, -0.15) is 5.10 Å². The molecule has 38 heavy (non-hydrogen) atoms. The number of aromatic nitrogens is 3. The van der Waals surface area contributed by atoms with Gasteiger partial charge in [-0.25, -0.2) is 14.1 Å². The Morgan fingerprint density at radius 3 is 2.21 bits per heavy atom. The van der Waals surface area contributed by atoms with Crippen molar-refractivity contribution in [3.8, 4) is 11.5 Å². The van der Waals surface area contributed by atoms with Crippen molar-refractivity contribution in [3.05, 3.63) is 84.3 Å². The summed E-state index contributed by atoms with van der Waals surface area (Å²) in [7, 11) is -4.24. The number of nitrogens with two attached hydrogens (primary N) is 2. The van der Waals surface area contributed by atoms with Gasteiger partial charge in [0.2, 0.25) is 0 Å². The zero-order chi connectivity index (χ0) is 26.9. The zero-order valence-corrected chi connectivity index (χ0v) is 20.7. The summed E-state index contributed by atoms with van der Waals surface area (Å²) < 4.78 is 31.7. The number of carbonyl (C=O) groups is 1. The highest BCUT2D eigenvalue weighted by atomic mass is 31.2. The summed E-state index contributed by atoms with van der Waals surface area (Å²) in [6.07, 6.45) is -1.53. The number of carbonyl (C=O) groups excluding carboxylic acids is 1. The van der Waals surface area contributed by atoms with Crippen molar-refractivity contribution in [1.29, 1.82) is 0 Å². The van der Waals surface area contributed by atoms with Crippen LogP contribution in [0.25, 0.3) is 5.52 Å². The smallest absolute Gasteiger partial charge is 0.395 e. The summed E-state index contributed by atoms with van der Waals surface area (Å²) in [5.41, 5.74) is 12.0. The van der Waals surface area contributed by atoms with Crippen molar-refractivity contribution in [3.63, 3.8) is 0 Å². The van der Waals surface area contributed by atoms with Crippen molar-refractivity contribution in [2.24, 2.45) is 5.73 Å². The van der Waals surface area contributed by atoms with Gasteiger partial charge in [-0.1, -0.05) is 36.4 Å². The number of phosphoric ester groups is 1. The molecule has 1 fully saturated rings. The van der Waals surface area contributed by atoms with E-state index in [1.807, 2.05) is 0 Å². The Kier molecular flexibility index (Phi) is 7.02. The second kappa shape index (κ2) is 10.4. The summed E-state index contributed by atoms with van der Waals surface area (Å²) >= 11 is 0. The molecule has 1 saturated heterocycles. The number of para-hydroxylation sites is 2. The van der Waals surface area contributed by atoms with Gasteiger partial charge in [0.15, 0.2) is 5.82 Å². The minimum absolute atomic E-state index is 0.0185. The molecule has 3 heterocycles. The zero-order valence-electron chi connectivity index (χ0n) is 19.8. The fraction of sp³-hybridized carbons (Fsp3) is 0.208. The summed E-state index contributed by atoms with van der Waals surface area (Å²) in [5, 5.41) is 28.8. The largest absolute Gasteiger partial charge is 0.587 e. The van der Waals surface area contributed by atoms with E-state index in [1.165, 1.54) is 16.9 Å². The lowest BCUT2D eigenvalue weighted by Crippen LogP contribution is -2.37. The fourth-order valence-corrected chi connectivity index (χ4v) is 5.48. The van der Waals surface area contributed by atoms with Crippen molar-refractivity contribution < 1.29 is 33.1 Å². The SMILES string of the molecule is NC(=O)c1cc([C@@H]2N[C@H](COP(=O)(Oc3ccccc3)Oc3ccccc3)[C@@H](O)[C@H]2O)n2ncnc(N)c12. The first-order chi connectivity index (χ1) is 18.3. The van der Waals surface area contributed by atoms with E-state index < -0.39 is 38.0 Å². The van der Waals surface area contributed by atoms with Crippen LogP contribution in [-0.4, -0.2) is 55.6 Å². The van der Waals surface area contributed by atoms with Gasteiger partial charge < -0.3 is 30.7 Å². The number of rotatable bonds is 9. The van der Waals surface area contributed by atoms with E-state index >= 15 is 0 Å². The normalized spacial score (nSPS) is 21.4. The number of hydrogen-bond donors (Lipinski definition) is 5. The second-order valence-electron chi connectivity index (χ2n) is 8.54. The molecule has 4 atom stereocenters. The number of aliphatic hydroxyl groups excluding tert-OH is 2. The Morgan fingerprint density at radius 1 is 1.03 bits per heavy atom. The van der Waals surface area contributed by atoms with E-state index in [0.29, 0.717) is 5.69 Å². The minimum atomic E-state index is -4.24. The number of fused-ring (bicyclic) bond motifs is 1. The van der Waals surface area contributed by atoms with Crippen molar-refractivity contribution in [2.45, 2.75) is 24.3 Å². The highest BCUT2D eigenvalue weighted by molar-refractivity contribution is 7.49. The summed E-state index contributed by atoms with van der Waals surface area (Å²) in [4.78, 5) is 15.9. The number of nitrogens with one attached hydrogen (secondary N) is 1. The van der Waals surface area contributed by atoms with Crippen molar-refractivity contribution in [2.75, 3.05) is 12.3 Å². The number of hydrogen-bond acceptors (Lipinski definition) is 11. The Labute approximate surface area is 216 Å². The van der Waals surface area contributed by atoms with Crippen LogP contribution in [0.3, 0.4) is 0 Å². The van der Waals surface area contributed by atoms with Crippen LogP contribution in [0, 0.1) is 0 Å². The van der Waals surface area contributed by atoms with Gasteiger partial charge in [0.05, 0.1) is 36.1 Å². The first-order valence-electron chi connectivity index (χ1n) is 11.5. The van der Waals surface area contributed by atoms with Gasteiger partial charge >= 0.3 is 7.82 Å². The van der Waals surface area contributed by atoms with Gasteiger partial charge in [-0.15, -0.1) is 0 Å². The first-order valence-corrected chi connectivity index (χ1v) is 13.0. The van der Waals surface area contributed by atoms with Gasteiger partial charge in [-0.3, -0.25) is 14.6 Å². The van der Waals surface area contributed by atoms with E-state index in [2.05, 4.69) is 15.4 Å². The molecule has 7 N–H and O–H groups in total. The average Bonchev–Trinajstić information content (AvgIpc) is 3.43. The molecule has 5 rings (SSSR count). The molecule has 4 aromatic rings. The third-order valence-corrected chi connectivity index (χ3v) is 7.36. The molecule has 13 nitrogen and oxygen atoms in total. The van der Waals surface area contributed by atoms with Gasteiger partial charge in [0.1, 0.15) is 29.4 Å². The van der Waals surface area contributed by atoms with E-state index in [-0.39, 0.29) is 35.0 Å². The minimum Gasteiger partial charge on any atom is -0.395 e. The lowest BCUT2D eigenvalue weighted by Gasteiger charge is -2.22. The summed E-state index contributed by atoms with van der Waals surface area (Å²) in [6, 6.07) is 16.3. The first kappa shape index (κ1) is 25.6. The van der Waals surface area contributed by atoms with E-state index in [0.717, 1.165) is 0 Å². The predicted octanol–water partition coefficient (Wildman–Crippen LogP) is 1.43. The molecule has 0 bridgehead atoms. The lowest BCUT2D eigenvalue weighted by atomic mass is 10.1. The monoisotopic (exact) mass is 540 g/mol. The van der Waals surface area contributed by atoms with Crippen LogP contribution in [0.5, 0.6) is 11.5 Å². The van der Waals surface area contributed by atoms with E-state index in [4.69, 9.17) is 25.0 Å². The van der Waals surface area contributed by atoms with Gasteiger partial charge in [0.25, 0.3) is 5.91 Å². The topological polar surface area (TPSA) is 197 Å². The molecule has 1 aliphatic rings. The van der Waals surface area contributed by atoms with Crippen LogP contribution in [0.1, 0.15) is 22.1 Å². The van der Waals surface area contributed by atoms with E-state index in [9.17, 15) is 19.6 Å².